The van der Waals surface area contributed by atoms with E-state index in [-0.39, 0.29) is 22.4 Å². The minimum absolute atomic E-state index is 0.0169. The van der Waals surface area contributed by atoms with Crippen LogP contribution in [0.3, 0.4) is 0 Å². The zero-order valence-electron chi connectivity index (χ0n) is 12.3. The molecule has 1 aromatic carbocycles. The van der Waals surface area contributed by atoms with Crippen molar-refractivity contribution in [3.63, 3.8) is 0 Å². The first-order valence-corrected chi connectivity index (χ1v) is 8.28. The molecule has 4 rings (SSSR count). The van der Waals surface area contributed by atoms with Gasteiger partial charge in [0, 0.05) is 5.92 Å². The highest BCUT2D eigenvalue weighted by atomic mass is 32.1. The zero-order chi connectivity index (χ0) is 16.8. The maximum Gasteiger partial charge on any atom is 0.296 e. The van der Waals surface area contributed by atoms with Crippen molar-refractivity contribution in [2.45, 2.75) is 18.9 Å². The number of halogens is 1. The third-order valence-electron chi connectivity index (χ3n) is 4.14. The number of carbonyl (C=O) groups excluding carboxylic acids is 2. The van der Waals surface area contributed by atoms with Crippen molar-refractivity contribution in [1.29, 1.82) is 0 Å². The lowest BCUT2D eigenvalue weighted by atomic mass is 9.94. The summed E-state index contributed by atoms with van der Waals surface area (Å²) in [7, 11) is 0. The SMILES string of the molecule is O=C(C1=C(O)C(=O)N(c2nncs2)C1c1cccc(F)c1)C1CC1. The molecule has 2 heterocycles. The summed E-state index contributed by atoms with van der Waals surface area (Å²) in [5.74, 6) is -2.23. The number of benzene rings is 1. The van der Waals surface area contributed by atoms with Gasteiger partial charge in [-0.2, -0.15) is 0 Å². The molecule has 1 aliphatic carbocycles. The van der Waals surface area contributed by atoms with Gasteiger partial charge in [0.05, 0.1) is 11.6 Å². The molecular formula is C16H12FN3O3S. The van der Waals surface area contributed by atoms with E-state index in [1.54, 1.807) is 6.07 Å². The number of hydrogen-bond acceptors (Lipinski definition) is 6. The summed E-state index contributed by atoms with van der Waals surface area (Å²) in [6.45, 7) is 0. The van der Waals surface area contributed by atoms with Crippen LogP contribution in [0.25, 0.3) is 0 Å². The Morgan fingerprint density at radius 2 is 2.17 bits per heavy atom. The van der Waals surface area contributed by atoms with Crippen molar-refractivity contribution < 1.29 is 19.1 Å². The summed E-state index contributed by atoms with van der Waals surface area (Å²) >= 11 is 1.11. The van der Waals surface area contributed by atoms with Crippen molar-refractivity contribution >= 4 is 28.2 Å². The van der Waals surface area contributed by atoms with E-state index in [0.717, 1.165) is 24.2 Å². The van der Waals surface area contributed by atoms with Gasteiger partial charge < -0.3 is 5.11 Å². The Kier molecular flexibility index (Phi) is 3.42. The number of aliphatic hydroxyl groups excluding tert-OH is 1. The summed E-state index contributed by atoms with van der Waals surface area (Å²) in [5, 5.41) is 18.1. The smallest absolute Gasteiger partial charge is 0.296 e. The topological polar surface area (TPSA) is 83.4 Å². The molecule has 8 heteroatoms. The van der Waals surface area contributed by atoms with Crippen LogP contribution in [0.1, 0.15) is 24.4 Å². The van der Waals surface area contributed by atoms with E-state index >= 15 is 0 Å². The van der Waals surface area contributed by atoms with E-state index in [4.69, 9.17) is 0 Å². The average Bonchev–Trinajstić information content (AvgIpc) is 3.22. The summed E-state index contributed by atoms with van der Waals surface area (Å²) in [6, 6.07) is 4.76. The highest BCUT2D eigenvalue weighted by molar-refractivity contribution is 7.13. The number of ketones is 1. The molecule has 0 saturated heterocycles. The first-order chi connectivity index (χ1) is 11.6. The normalized spacial score (nSPS) is 20.8. The second-order valence-corrected chi connectivity index (χ2v) is 6.57. The highest BCUT2D eigenvalue weighted by Crippen LogP contribution is 2.45. The molecule has 2 aliphatic rings. The minimum Gasteiger partial charge on any atom is -0.503 e. The van der Waals surface area contributed by atoms with Gasteiger partial charge in [-0.25, -0.2) is 4.39 Å². The van der Waals surface area contributed by atoms with Crippen molar-refractivity contribution in [3.8, 4) is 0 Å². The molecule has 6 nitrogen and oxygen atoms in total. The zero-order valence-corrected chi connectivity index (χ0v) is 13.2. The third kappa shape index (κ3) is 2.30. The minimum atomic E-state index is -0.894. The average molecular weight is 345 g/mol. The van der Waals surface area contributed by atoms with Gasteiger partial charge in [0.25, 0.3) is 5.91 Å². The fourth-order valence-corrected chi connectivity index (χ4v) is 3.47. The van der Waals surface area contributed by atoms with Gasteiger partial charge in [-0.15, -0.1) is 10.2 Å². The van der Waals surface area contributed by atoms with Crippen LogP contribution in [-0.4, -0.2) is 27.0 Å². The number of rotatable bonds is 4. The summed E-state index contributed by atoms with van der Waals surface area (Å²) < 4.78 is 13.7. The molecule has 0 bridgehead atoms. The van der Waals surface area contributed by atoms with E-state index in [9.17, 15) is 19.1 Å². The van der Waals surface area contributed by atoms with Gasteiger partial charge in [0.2, 0.25) is 5.13 Å². The van der Waals surface area contributed by atoms with E-state index < -0.39 is 23.5 Å². The van der Waals surface area contributed by atoms with Gasteiger partial charge in [0.1, 0.15) is 11.3 Å². The van der Waals surface area contributed by atoms with Crippen LogP contribution in [0.5, 0.6) is 0 Å². The maximum absolute atomic E-state index is 13.7. The van der Waals surface area contributed by atoms with Gasteiger partial charge in [-0.3, -0.25) is 14.5 Å². The van der Waals surface area contributed by atoms with Crippen molar-refractivity contribution in [1.82, 2.24) is 10.2 Å². The molecule has 1 unspecified atom stereocenters. The number of carbonyl (C=O) groups is 2. The summed E-state index contributed by atoms with van der Waals surface area (Å²) in [6.07, 6.45) is 1.47. The Hall–Kier alpha value is -2.61. The van der Waals surface area contributed by atoms with Gasteiger partial charge in [0.15, 0.2) is 11.5 Å². The van der Waals surface area contributed by atoms with Crippen LogP contribution in [-0.2, 0) is 9.59 Å². The van der Waals surface area contributed by atoms with Crippen LogP contribution in [0, 0.1) is 11.7 Å². The molecule has 1 aliphatic heterocycles. The first kappa shape index (κ1) is 14.9. The Morgan fingerprint density at radius 1 is 1.38 bits per heavy atom. The van der Waals surface area contributed by atoms with Crippen molar-refractivity contribution in [2.75, 3.05) is 4.90 Å². The van der Waals surface area contributed by atoms with Gasteiger partial charge in [-0.05, 0) is 30.5 Å². The Labute approximate surface area is 140 Å². The monoisotopic (exact) mass is 345 g/mol. The second kappa shape index (κ2) is 5.48. The predicted molar refractivity (Wildman–Crippen MR) is 83.9 cm³/mol. The molecule has 24 heavy (non-hydrogen) atoms. The molecule has 1 atom stereocenters. The van der Waals surface area contributed by atoms with Crippen molar-refractivity contribution in [2.24, 2.45) is 5.92 Å². The number of anilines is 1. The number of hydrogen-bond donors (Lipinski definition) is 1. The predicted octanol–water partition coefficient (Wildman–Crippen LogP) is 2.56. The molecule has 2 aromatic rings. The van der Waals surface area contributed by atoms with Crippen LogP contribution in [0.15, 0.2) is 41.1 Å². The number of Topliss-reactive ketones (excluding diaryl/α,β-unsaturated/α-hetero) is 1. The standard InChI is InChI=1S/C16H12FN3O3S/c17-10-3-1-2-9(6-10)12-11(13(21)8-4-5-8)14(22)15(23)20(12)16-19-18-7-24-16/h1-3,6-8,12,22H,4-5H2. The summed E-state index contributed by atoms with van der Waals surface area (Å²) in [4.78, 5) is 26.4. The second-order valence-electron chi connectivity index (χ2n) is 5.75. The Morgan fingerprint density at radius 3 is 2.79 bits per heavy atom. The number of aromatic nitrogens is 2. The molecule has 0 spiro atoms. The molecule has 1 N–H and O–H groups in total. The Bertz CT molecular complexity index is 861. The number of nitrogens with zero attached hydrogens (tertiary/aromatic N) is 3. The lowest BCUT2D eigenvalue weighted by Crippen LogP contribution is -2.31. The van der Waals surface area contributed by atoms with E-state index in [2.05, 4.69) is 10.2 Å². The molecule has 1 saturated carbocycles. The lowest BCUT2D eigenvalue weighted by molar-refractivity contribution is -0.118. The largest absolute Gasteiger partial charge is 0.503 e. The third-order valence-corrected chi connectivity index (χ3v) is 4.83. The number of aliphatic hydroxyl groups is 1. The Balaban J connectivity index is 1.87. The van der Waals surface area contributed by atoms with E-state index in [0.29, 0.717) is 5.56 Å². The number of amides is 1. The fourth-order valence-electron chi connectivity index (χ4n) is 2.88. The van der Waals surface area contributed by atoms with Crippen molar-refractivity contribution in [3.05, 3.63) is 52.5 Å². The quantitative estimate of drug-likeness (QED) is 0.921. The van der Waals surface area contributed by atoms with Crippen LogP contribution < -0.4 is 4.90 Å². The van der Waals surface area contributed by atoms with Gasteiger partial charge >= 0.3 is 0 Å². The van der Waals surface area contributed by atoms with E-state index in [1.165, 1.54) is 28.6 Å². The first-order valence-electron chi connectivity index (χ1n) is 7.40. The van der Waals surface area contributed by atoms with Crippen LogP contribution in [0.4, 0.5) is 9.52 Å². The van der Waals surface area contributed by atoms with E-state index in [1.807, 2.05) is 0 Å². The van der Waals surface area contributed by atoms with Crippen LogP contribution >= 0.6 is 11.3 Å². The van der Waals surface area contributed by atoms with Gasteiger partial charge in [-0.1, -0.05) is 23.5 Å². The molecule has 1 fully saturated rings. The molecular weight excluding hydrogens is 333 g/mol. The maximum atomic E-state index is 13.7. The molecule has 1 aromatic heterocycles. The molecule has 122 valence electrons. The van der Waals surface area contributed by atoms with Crippen LogP contribution in [0.2, 0.25) is 0 Å². The highest BCUT2D eigenvalue weighted by Gasteiger charge is 2.48. The molecule has 0 radical (unpaired) electrons. The lowest BCUT2D eigenvalue weighted by Gasteiger charge is -2.24. The molecule has 1 amide bonds. The fraction of sp³-hybridized carbons (Fsp3) is 0.250. The summed E-state index contributed by atoms with van der Waals surface area (Å²) in [5.41, 5.74) is 1.87.